The molecule has 0 saturated heterocycles. The van der Waals surface area contributed by atoms with E-state index in [4.69, 9.17) is 11.6 Å². The van der Waals surface area contributed by atoms with E-state index in [1.807, 2.05) is 6.07 Å². The molecule has 0 bridgehead atoms. The van der Waals surface area contributed by atoms with Crippen LogP contribution in [-0.2, 0) is 6.54 Å². The van der Waals surface area contributed by atoms with Crippen molar-refractivity contribution < 1.29 is 4.39 Å². The molecule has 76 valence electrons. The van der Waals surface area contributed by atoms with Crippen LogP contribution in [0.25, 0.3) is 0 Å². The average Bonchev–Trinajstić information content (AvgIpc) is 2.95. The molecule has 1 N–H and O–H groups in total. The van der Waals surface area contributed by atoms with E-state index in [1.54, 1.807) is 6.07 Å². The molecular weight excluding hydrogens is 201 g/mol. The van der Waals surface area contributed by atoms with Crippen molar-refractivity contribution in [3.63, 3.8) is 0 Å². The molecule has 1 aromatic carbocycles. The second-order valence-corrected chi connectivity index (χ2v) is 4.23. The Hall–Kier alpha value is -0.600. The van der Waals surface area contributed by atoms with Crippen molar-refractivity contribution in [1.29, 1.82) is 0 Å². The third kappa shape index (κ3) is 2.69. The first-order valence-electron chi connectivity index (χ1n) is 4.90. The van der Waals surface area contributed by atoms with Gasteiger partial charge in [0.2, 0.25) is 0 Å². The summed E-state index contributed by atoms with van der Waals surface area (Å²) in [4.78, 5) is 0. The fourth-order valence-corrected chi connectivity index (χ4v) is 1.51. The molecule has 1 aromatic rings. The minimum atomic E-state index is -0.336. The number of rotatable bonds is 4. The van der Waals surface area contributed by atoms with Crippen molar-refractivity contribution in [2.24, 2.45) is 5.92 Å². The summed E-state index contributed by atoms with van der Waals surface area (Å²) in [5.74, 6) is 0.518. The zero-order valence-electron chi connectivity index (χ0n) is 7.89. The molecule has 1 nitrogen and oxygen atoms in total. The molecule has 0 amide bonds. The van der Waals surface area contributed by atoms with Crippen LogP contribution in [0.5, 0.6) is 0 Å². The van der Waals surface area contributed by atoms with Crippen LogP contribution in [0.1, 0.15) is 18.4 Å². The monoisotopic (exact) mass is 213 g/mol. The SMILES string of the molecule is Fc1cc(CNCC2CC2)ccc1Cl. The topological polar surface area (TPSA) is 12.0 Å². The van der Waals surface area contributed by atoms with Gasteiger partial charge in [-0.3, -0.25) is 0 Å². The highest BCUT2D eigenvalue weighted by Gasteiger charge is 2.20. The van der Waals surface area contributed by atoms with E-state index < -0.39 is 0 Å². The van der Waals surface area contributed by atoms with Crippen LogP contribution in [0.4, 0.5) is 4.39 Å². The highest BCUT2D eigenvalue weighted by molar-refractivity contribution is 6.30. The molecule has 1 fully saturated rings. The van der Waals surface area contributed by atoms with Gasteiger partial charge >= 0.3 is 0 Å². The van der Waals surface area contributed by atoms with Crippen LogP contribution in [0.3, 0.4) is 0 Å². The number of halogens is 2. The lowest BCUT2D eigenvalue weighted by Gasteiger charge is -2.04. The van der Waals surface area contributed by atoms with Gasteiger partial charge in [0.1, 0.15) is 5.82 Å². The van der Waals surface area contributed by atoms with Gasteiger partial charge in [0.05, 0.1) is 5.02 Å². The van der Waals surface area contributed by atoms with E-state index >= 15 is 0 Å². The van der Waals surface area contributed by atoms with Crippen molar-refractivity contribution in [1.82, 2.24) is 5.32 Å². The largest absolute Gasteiger partial charge is 0.312 e. The molecule has 3 heteroatoms. The number of nitrogens with one attached hydrogen (secondary N) is 1. The van der Waals surface area contributed by atoms with Gasteiger partial charge in [-0.15, -0.1) is 0 Å². The fourth-order valence-electron chi connectivity index (χ4n) is 1.39. The maximum Gasteiger partial charge on any atom is 0.142 e. The Kier molecular flexibility index (Phi) is 3.04. The van der Waals surface area contributed by atoms with Gasteiger partial charge in [0.25, 0.3) is 0 Å². The summed E-state index contributed by atoms with van der Waals surface area (Å²) in [6.45, 7) is 1.77. The molecule has 0 spiro atoms. The van der Waals surface area contributed by atoms with Crippen molar-refractivity contribution in [2.45, 2.75) is 19.4 Å². The van der Waals surface area contributed by atoms with Gasteiger partial charge in [-0.25, -0.2) is 4.39 Å². The number of hydrogen-bond acceptors (Lipinski definition) is 1. The zero-order valence-corrected chi connectivity index (χ0v) is 8.65. The van der Waals surface area contributed by atoms with Gasteiger partial charge in [0.15, 0.2) is 0 Å². The molecule has 0 aliphatic heterocycles. The normalized spacial score (nSPS) is 15.9. The summed E-state index contributed by atoms with van der Waals surface area (Å²) in [5.41, 5.74) is 0.951. The molecule has 0 unspecified atom stereocenters. The third-order valence-corrected chi connectivity index (χ3v) is 2.75. The van der Waals surface area contributed by atoms with Gasteiger partial charge in [-0.1, -0.05) is 17.7 Å². The fraction of sp³-hybridized carbons (Fsp3) is 0.455. The van der Waals surface area contributed by atoms with Crippen molar-refractivity contribution in [2.75, 3.05) is 6.54 Å². The van der Waals surface area contributed by atoms with E-state index in [2.05, 4.69) is 5.32 Å². The predicted octanol–water partition coefficient (Wildman–Crippen LogP) is 2.98. The molecule has 0 atom stereocenters. The molecule has 0 aromatic heterocycles. The van der Waals surface area contributed by atoms with Gasteiger partial charge in [-0.2, -0.15) is 0 Å². The van der Waals surface area contributed by atoms with Crippen LogP contribution in [0.2, 0.25) is 5.02 Å². The van der Waals surface area contributed by atoms with Crippen LogP contribution in [0.15, 0.2) is 18.2 Å². The van der Waals surface area contributed by atoms with Crippen molar-refractivity contribution in [3.05, 3.63) is 34.6 Å². The van der Waals surface area contributed by atoms with Crippen molar-refractivity contribution in [3.8, 4) is 0 Å². The van der Waals surface area contributed by atoms with Gasteiger partial charge in [0, 0.05) is 6.54 Å². The van der Waals surface area contributed by atoms with Crippen LogP contribution in [-0.4, -0.2) is 6.54 Å². The van der Waals surface area contributed by atoms with Crippen molar-refractivity contribution >= 4 is 11.6 Å². The Morgan fingerprint density at radius 1 is 1.43 bits per heavy atom. The molecule has 1 aliphatic rings. The summed E-state index contributed by atoms with van der Waals surface area (Å²) in [7, 11) is 0. The molecule has 14 heavy (non-hydrogen) atoms. The lowest BCUT2D eigenvalue weighted by molar-refractivity contribution is 0.613. The number of benzene rings is 1. The second-order valence-electron chi connectivity index (χ2n) is 3.82. The highest BCUT2D eigenvalue weighted by atomic mass is 35.5. The van der Waals surface area contributed by atoms with Gasteiger partial charge < -0.3 is 5.32 Å². The quantitative estimate of drug-likeness (QED) is 0.811. The van der Waals surface area contributed by atoms with E-state index in [1.165, 1.54) is 18.9 Å². The summed E-state index contributed by atoms with van der Waals surface area (Å²) in [6.07, 6.45) is 2.67. The second kappa shape index (κ2) is 4.28. The number of hydrogen-bond donors (Lipinski definition) is 1. The maximum absolute atomic E-state index is 13.0. The average molecular weight is 214 g/mol. The molecule has 0 radical (unpaired) electrons. The first-order valence-corrected chi connectivity index (χ1v) is 5.28. The minimum Gasteiger partial charge on any atom is -0.312 e. The zero-order chi connectivity index (χ0) is 9.97. The lowest BCUT2D eigenvalue weighted by atomic mass is 10.2. The van der Waals surface area contributed by atoms with E-state index in [9.17, 15) is 4.39 Å². The molecule has 1 aliphatic carbocycles. The third-order valence-electron chi connectivity index (χ3n) is 2.44. The van der Waals surface area contributed by atoms with Gasteiger partial charge in [-0.05, 0) is 43.0 Å². The van der Waals surface area contributed by atoms with E-state index in [-0.39, 0.29) is 10.8 Å². The summed E-state index contributed by atoms with van der Waals surface area (Å²) < 4.78 is 13.0. The molecular formula is C11H13ClFN. The predicted molar refractivity (Wildman–Crippen MR) is 55.8 cm³/mol. The Morgan fingerprint density at radius 3 is 2.86 bits per heavy atom. The summed E-state index contributed by atoms with van der Waals surface area (Å²) >= 11 is 5.58. The standard InChI is InChI=1S/C11H13ClFN/c12-10-4-3-9(5-11(10)13)7-14-6-8-1-2-8/h3-5,8,14H,1-2,6-7H2. The lowest BCUT2D eigenvalue weighted by Crippen LogP contribution is -2.16. The van der Waals surface area contributed by atoms with Crippen LogP contribution in [0, 0.1) is 11.7 Å². The first kappa shape index (κ1) is 9.94. The Morgan fingerprint density at radius 2 is 2.21 bits per heavy atom. The summed E-state index contributed by atoms with van der Waals surface area (Å²) in [5, 5.41) is 3.49. The maximum atomic E-state index is 13.0. The molecule has 0 heterocycles. The first-order chi connectivity index (χ1) is 6.75. The Balaban J connectivity index is 1.85. The Bertz CT molecular complexity index is 323. The van der Waals surface area contributed by atoms with Crippen LogP contribution < -0.4 is 5.32 Å². The molecule has 2 rings (SSSR count). The summed E-state index contributed by atoms with van der Waals surface area (Å²) in [6, 6.07) is 4.94. The minimum absolute atomic E-state index is 0.191. The van der Waals surface area contributed by atoms with E-state index in [0.29, 0.717) is 0 Å². The smallest absolute Gasteiger partial charge is 0.142 e. The Labute approximate surface area is 88.3 Å². The van der Waals surface area contributed by atoms with E-state index in [0.717, 1.165) is 24.6 Å². The molecule has 1 saturated carbocycles. The van der Waals surface area contributed by atoms with Crippen LogP contribution >= 0.6 is 11.6 Å². The highest BCUT2D eigenvalue weighted by Crippen LogP contribution is 2.27.